The van der Waals surface area contributed by atoms with E-state index < -0.39 is 5.82 Å². The summed E-state index contributed by atoms with van der Waals surface area (Å²) in [7, 11) is 2.14. The third-order valence-corrected chi connectivity index (χ3v) is 7.79. The van der Waals surface area contributed by atoms with Gasteiger partial charge in [-0.25, -0.2) is 9.37 Å². The number of pyridine rings is 1. The van der Waals surface area contributed by atoms with Crippen LogP contribution >= 0.6 is 0 Å². The summed E-state index contributed by atoms with van der Waals surface area (Å²) in [5.41, 5.74) is 6.81. The molecule has 0 saturated carbocycles. The largest absolute Gasteiger partial charge is 0.367 e. The lowest BCUT2D eigenvalue weighted by Crippen LogP contribution is -2.44. The average Bonchev–Trinajstić information content (AvgIpc) is 3.65. The molecule has 1 aliphatic heterocycles. The number of anilines is 1. The molecule has 5 aromatic rings. The quantitative estimate of drug-likeness (QED) is 0.200. The second kappa shape index (κ2) is 12.1. The Labute approximate surface area is 244 Å². The molecule has 1 saturated heterocycles. The summed E-state index contributed by atoms with van der Waals surface area (Å²) in [5.74, 6) is 0.0735. The molecule has 6 rings (SSSR count). The van der Waals surface area contributed by atoms with Crippen LogP contribution in [0.25, 0.3) is 39.0 Å². The molecule has 0 aliphatic carbocycles. The Bertz CT molecular complexity index is 1770. The number of nitrogens with one attached hydrogen (secondary N) is 3. The van der Waals surface area contributed by atoms with E-state index >= 15 is 4.39 Å². The zero-order valence-corrected chi connectivity index (χ0v) is 24.0. The highest BCUT2D eigenvalue weighted by Crippen LogP contribution is 2.33. The second-order valence-electron chi connectivity index (χ2n) is 10.6. The van der Waals surface area contributed by atoms with Crippen molar-refractivity contribution in [2.45, 2.75) is 13.5 Å². The van der Waals surface area contributed by atoms with Crippen LogP contribution in [-0.2, 0) is 6.54 Å². The van der Waals surface area contributed by atoms with Crippen LogP contribution in [-0.4, -0.2) is 69.8 Å². The minimum atomic E-state index is -0.444. The molecule has 214 valence electrons. The summed E-state index contributed by atoms with van der Waals surface area (Å²) >= 11 is 0. The Balaban J connectivity index is 1.31. The highest BCUT2D eigenvalue weighted by Gasteiger charge is 2.23. The van der Waals surface area contributed by atoms with Crippen LogP contribution in [0.5, 0.6) is 0 Å². The van der Waals surface area contributed by atoms with Crippen LogP contribution in [0.15, 0.2) is 85.1 Å². The van der Waals surface area contributed by atoms with Crippen molar-refractivity contribution in [1.82, 2.24) is 35.4 Å². The van der Waals surface area contributed by atoms with Gasteiger partial charge in [0.1, 0.15) is 16.9 Å². The van der Waals surface area contributed by atoms with E-state index in [-0.39, 0.29) is 5.69 Å². The minimum Gasteiger partial charge on any atom is -0.367 e. The fourth-order valence-electron chi connectivity index (χ4n) is 5.40. The number of hydrogen-bond donors (Lipinski definition) is 3. The Morgan fingerprint density at radius 1 is 1.07 bits per heavy atom. The number of halogens is 1. The first-order valence-electron chi connectivity index (χ1n) is 14.2. The van der Waals surface area contributed by atoms with Crippen molar-refractivity contribution >= 4 is 33.2 Å². The van der Waals surface area contributed by atoms with Crippen LogP contribution in [0.1, 0.15) is 18.2 Å². The van der Waals surface area contributed by atoms with Crippen molar-refractivity contribution in [1.29, 1.82) is 0 Å². The molecule has 0 atom stereocenters. The number of para-hydroxylation sites is 1. The number of benzene rings is 2. The monoisotopic (exact) mass is 562 g/mol. The molecule has 1 fully saturated rings. The molecular formula is C33H35FN8. The van der Waals surface area contributed by atoms with Crippen LogP contribution in [0.2, 0.25) is 0 Å². The molecule has 0 bridgehead atoms. The molecule has 3 N–H and O–H groups in total. The molecule has 0 unspecified atom stereocenters. The molecular weight excluding hydrogens is 527 g/mol. The Kier molecular flexibility index (Phi) is 7.94. The van der Waals surface area contributed by atoms with E-state index in [2.05, 4.69) is 67.1 Å². The fourth-order valence-corrected chi connectivity index (χ4v) is 5.40. The van der Waals surface area contributed by atoms with Crippen molar-refractivity contribution < 1.29 is 4.39 Å². The van der Waals surface area contributed by atoms with Crippen LogP contribution < -0.4 is 10.2 Å². The van der Waals surface area contributed by atoms with Gasteiger partial charge < -0.3 is 20.1 Å². The lowest BCUT2D eigenvalue weighted by atomic mass is 10.0. The first-order valence-corrected chi connectivity index (χ1v) is 14.2. The number of fused-ring (bicyclic) bond motifs is 2. The van der Waals surface area contributed by atoms with Crippen molar-refractivity contribution in [3.8, 4) is 11.5 Å². The topological polar surface area (TPSA) is 88.8 Å². The van der Waals surface area contributed by atoms with E-state index in [1.54, 1.807) is 12.3 Å². The Hall–Kier alpha value is -4.60. The minimum absolute atomic E-state index is 0.254. The van der Waals surface area contributed by atoms with Crippen molar-refractivity contribution in [2.24, 2.45) is 0 Å². The fraction of sp³-hybridized carbons (Fsp3) is 0.242. The molecule has 3 aromatic heterocycles. The number of hydrogen-bond acceptors (Lipinski definition) is 6. The summed E-state index contributed by atoms with van der Waals surface area (Å²) in [4.78, 5) is 17.5. The summed E-state index contributed by atoms with van der Waals surface area (Å²) in [6.07, 6.45) is 7.20. The number of piperazine rings is 1. The first kappa shape index (κ1) is 27.6. The molecule has 8 nitrogen and oxygen atoms in total. The van der Waals surface area contributed by atoms with Gasteiger partial charge in [-0.2, -0.15) is 5.10 Å². The van der Waals surface area contributed by atoms with E-state index in [1.165, 1.54) is 5.56 Å². The summed E-state index contributed by atoms with van der Waals surface area (Å²) in [6.45, 7) is 11.0. The smallest absolute Gasteiger partial charge is 0.161 e. The number of allylic oxidation sites excluding steroid dienone is 3. The van der Waals surface area contributed by atoms with Gasteiger partial charge in [0.2, 0.25) is 0 Å². The number of aromatic nitrogens is 5. The average molecular weight is 563 g/mol. The maximum absolute atomic E-state index is 16.3. The summed E-state index contributed by atoms with van der Waals surface area (Å²) in [6, 6.07) is 16.3. The number of likely N-dealkylation sites (N-methyl/N-ethyl adjacent to an activating group) is 1. The van der Waals surface area contributed by atoms with Gasteiger partial charge >= 0.3 is 0 Å². The number of nitrogens with zero attached hydrogens (tertiary/aromatic N) is 5. The third-order valence-electron chi connectivity index (χ3n) is 7.79. The highest BCUT2D eigenvalue weighted by atomic mass is 19.1. The predicted molar refractivity (Wildman–Crippen MR) is 169 cm³/mol. The van der Waals surface area contributed by atoms with Gasteiger partial charge in [-0.05, 0) is 48.9 Å². The predicted octanol–water partition coefficient (Wildman–Crippen LogP) is 5.70. The van der Waals surface area contributed by atoms with Crippen molar-refractivity contribution in [2.75, 3.05) is 44.7 Å². The molecule has 42 heavy (non-hydrogen) atoms. The van der Waals surface area contributed by atoms with Crippen molar-refractivity contribution in [3.63, 3.8) is 0 Å². The number of H-pyrrole nitrogens is 2. The normalized spacial score (nSPS) is 15.2. The second-order valence-corrected chi connectivity index (χ2v) is 10.6. The zero-order chi connectivity index (χ0) is 29.1. The number of aromatic amines is 2. The van der Waals surface area contributed by atoms with Gasteiger partial charge in [-0.15, -0.1) is 0 Å². The van der Waals surface area contributed by atoms with E-state index in [1.807, 2.05) is 49.4 Å². The van der Waals surface area contributed by atoms with Gasteiger partial charge in [0.05, 0.1) is 28.3 Å². The molecule has 0 amide bonds. The maximum Gasteiger partial charge on any atom is 0.161 e. The van der Waals surface area contributed by atoms with Crippen molar-refractivity contribution in [3.05, 3.63) is 102 Å². The van der Waals surface area contributed by atoms with Gasteiger partial charge in [0.25, 0.3) is 0 Å². The van der Waals surface area contributed by atoms with E-state index in [9.17, 15) is 0 Å². The molecule has 4 heterocycles. The van der Waals surface area contributed by atoms with Gasteiger partial charge in [0.15, 0.2) is 11.6 Å². The SMILES string of the molecule is C=C/C(=C\C(=C/C)c1ncc2[nH]nc(-c3nc4c(N5CCN(C)CC5)cccc4[nH]3)c2c1F)CNCc1ccccc1. The van der Waals surface area contributed by atoms with E-state index in [0.29, 0.717) is 34.5 Å². The summed E-state index contributed by atoms with van der Waals surface area (Å²) in [5, 5.41) is 11.2. The van der Waals surface area contributed by atoms with Gasteiger partial charge in [-0.1, -0.05) is 55.1 Å². The molecule has 2 aromatic carbocycles. The zero-order valence-electron chi connectivity index (χ0n) is 24.0. The standard InChI is InChI=1S/C33H35FN8/c1-4-22(19-35-20-23-10-7-6-8-11-23)18-24(5-2)30-29(34)28-26(21-36-30)39-40-32(28)33-37-25-12-9-13-27(31(25)38-33)42-16-14-41(3)15-17-42/h4-13,18,21,35H,1,14-17,19-20H2,2-3H3,(H,37,38)(H,39,40)/b22-18+,24-5+. The van der Waals surface area contributed by atoms with Gasteiger partial charge in [0, 0.05) is 39.3 Å². The van der Waals surface area contributed by atoms with E-state index in [0.717, 1.165) is 55.0 Å². The number of rotatable bonds is 9. The maximum atomic E-state index is 16.3. The van der Waals surface area contributed by atoms with Gasteiger partial charge in [-0.3, -0.25) is 10.1 Å². The van der Waals surface area contributed by atoms with Crippen LogP contribution in [0, 0.1) is 5.82 Å². The highest BCUT2D eigenvalue weighted by molar-refractivity contribution is 5.97. The Morgan fingerprint density at radius 3 is 2.64 bits per heavy atom. The lowest BCUT2D eigenvalue weighted by molar-refractivity contribution is 0.313. The molecule has 9 heteroatoms. The summed E-state index contributed by atoms with van der Waals surface area (Å²) < 4.78 is 16.3. The first-order chi connectivity index (χ1) is 20.6. The lowest BCUT2D eigenvalue weighted by Gasteiger charge is -2.34. The van der Waals surface area contributed by atoms with Crippen LogP contribution in [0.3, 0.4) is 0 Å². The third kappa shape index (κ3) is 5.48. The molecule has 0 radical (unpaired) electrons. The Morgan fingerprint density at radius 2 is 1.88 bits per heavy atom. The van der Waals surface area contributed by atoms with Crippen LogP contribution in [0.4, 0.5) is 10.1 Å². The molecule has 1 aliphatic rings. The molecule has 0 spiro atoms. The van der Waals surface area contributed by atoms with E-state index in [4.69, 9.17) is 4.98 Å². The number of imidazole rings is 1.